The summed E-state index contributed by atoms with van der Waals surface area (Å²) in [5, 5.41) is 0. The topological polar surface area (TPSA) is 79.2 Å². The smallest absolute Gasteiger partial charge is 0.331 e. The van der Waals surface area contributed by atoms with E-state index < -0.39 is 5.56 Å². The number of nitrogens with two attached hydrogens (primary N) is 1. The Bertz CT molecular complexity index is 747. The van der Waals surface area contributed by atoms with Gasteiger partial charge in [0, 0.05) is 12.7 Å². The second kappa shape index (κ2) is 6.30. The summed E-state index contributed by atoms with van der Waals surface area (Å²) in [5.74, 6) is 0.679. The van der Waals surface area contributed by atoms with E-state index >= 15 is 0 Å². The molecule has 6 heteroatoms. The van der Waals surface area contributed by atoms with Crippen LogP contribution in [0.3, 0.4) is 0 Å². The zero-order valence-corrected chi connectivity index (χ0v) is 12.2. The average Bonchev–Trinajstić information content (AvgIpc) is 2.49. The standard InChI is InChI=1S/C15H19N3O3/c1-3-7-17-10-13(16)14(19)18(15(17)20)9-11-5-4-6-12(8-11)21-2/h4-6,8,10H,3,7,9,16H2,1-2H3. The van der Waals surface area contributed by atoms with Gasteiger partial charge in [-0.15, -0.1) is 0 Å². The SMILES string of the molecule is CCCn1cc(N)c(=O)n(Cc2cccc(OC)c2)c1=O. The first-order valence-corrected chi connectivity index (χ1v) is 6.79. The Morgan fingerprint density at radius 2 is 2.05 bits per heavy atom. The minimum atomic E-state index is -0.463. The third-order valence-corrected chi connectivity index (χ3v) is 3.20. The molecule has 0 fully saturated rings. The molecule has 2 rings (SSSR count). The molecule has 0 radical (unpaired) electrons. The van der Waals surface area contributed by atoms with Crippen LogP contribution in [0.5, 0.6) is 5.75 Å². The summed E-state index contributed by atoms with van der Waals surface area (Å²) < 4.78 is 7.77. The van der Waals surface area contributed by atoms with E-state index in [-0.39, 0.29) is 17.9 Å². The first kappa shape index (κ1) is 14.9. The summed E-state index contributed by atoms with van der Waals surface area (Å²) in [6, 6.07) is 7.25. The maximum atomic E-state index is 12.3. The number of nitrogens with zero attached hydrogens (tertiary/aromatic N) is 2. The van der Waals surface area contributed by atoms with Crippen LogP contribution in [0.4, 0.5) is 5.69 Å². The highest BCUT2D eigenvalue weighted by atomic mass is 16.5. The molecule has 0 aliphatic carbocycles. The second-order valence-electron chi connectivity index (χ2n) is 4.80. The third kappa shape index (κ3) is 3.16. The van der Waals surface area contributed by atoms with Gasteiger partial charge in [-0.2, -0.15) is 0 Å². The average molecular weight is 289 g/mol. The molecule has 2 N–H and O–H groups in total. The van der Waals surface area contributed by atoms with E-state index in [9.17, 15) is 9.59 Å². The summed E-state index contributed by atoms with van der Waals surface area (Å²) in [6.45, 7) is 2.66. The molecule has 0 saturated carbocycles. The van der Waals surface area contributed by atoms with E-state index in [0.717, 1.165) is 16.6 Å². The Labute approximate surface area is 122 Å². The van der Waals surface area contributed by atoms with E-state index in [2.05, 4.69) is 0 Å². The van der Waals surface area contributed by atoms with Gasteiger partial charge in [0.05, 0.1) is 13.7 Å². The molecule has 0 spiro atoms. The van der Waals surface area contributed by atoms with Crippen molar-refractivity contribution in [2.24, 2.45) is 0 Å². The number of aryl methyl sites for hydroxylation is 1. The van der Waals surface area contributed by atoms with Crippen molar-refractivity contribution in [3.05, 3.63) is 56.9 Å². The van der Waals surface area contributed by atoms with Gasteiger partial charge in [-0.1, -0.05) is 19.1 Å². The lowest BCUT2D eigenvalue weighted by molar-refractivity contribution is 0.414. The van der Waals surface area contributed by atoms with Crippen LogP contribution >= 0.6 is 0 Å². The van der Waals surface area contributed by atoms with Gasteiger partial charge in [-0.3, -0.25) is 13.9 Å². The lowest BCUT2D eigenvalue weighted by Gasteiger charge is -2.11. The van der Waals surface area contributed by atoms with Gasteiger partial charge in [0.2, 0.25) is 0 Å². The number of ether oxygens (including phenoxy) is 1. The molecule has 21 heavy (non-hydrogen) atoms. The zero-order chi connectivity index (χ0) is 15.4. The van der Waals surface area contributed by atoms with E-state index in [0.29, 0.717) is 12.3 Å². The Hall–Kier alpha value is -2.50. The summed E-state index contributed by atoms with van der Waals surface area (Å²) in [6.07, 6.45) is 2.20. The molecule has 0 saturated heterocycles. The molecule has 1 aromatic carbocycles. The molecule has 0 unspecified atom stereocenters. The molecule has 0 aliphatic rings. The molecule has 0 bridgehead atoms. The number of rotatable bonds is 5. The number of hydrogen-bond donors (Lipinski definition) is 1. The van der Waals surface area contributed by atoms with Gasteiger partial charge in [-0.25, -0.2) is 4.79 Å². The molecule has 0 aliphatic heterocycles. The molecule has 1 heterocycles. The predicted molar refractivity (Wildman–Crippen MR) is 81.8 cm³/mol. The minimum Gasteiger partial charge on any atom is -0.497 e. The van der Waals surface area contributed by atoms with E-state index in [4.69, 9.17) is 10.5 Å². The van der Waals surface area contributed by atoms with Crippen LogP contribution in [0.25, 0.3) is 0 Å². The van der Waals surface area contributed by atoms with Gasteiger partial charge >= 0.3 is 5.69 Å². The molecule has 2 aromatic rings. The van der Waals surface area contributed by atoms with Crippen LogP contribution in [0.2, 0.25) is 0 Å². The normalized spacial score (nSPS) is 10.6. The number of nitrogen functional groups attached to an aromatic ring is 1. The summed E-state index contributed by atoms with van der Waals surface area (Å²) in [7, 11) is 1.57. The van der Waals surface area contributed by atoms with Gasteiger partial charge in [-0.05, 0) is 24.1 Å². The number of benzene rings is 1. The van der Waals surface area contributed by atoms with Crippen molar-refractivity contribution >= 4 is 5.69 Å². The first-order chi connectivity index (χ1) is 10.1. The molecular formula is C15H19N3O3. The maximum Gasteiger partial charge on any atom is 0.331 e. The van der Waals surface area contributed by atoms with Gasteiger partial charge < -0.3 is 10.5 Å². The lowest BCUT2D eigenvalue weighted by Crippen LogP contribution is -2.40. The molecule has 1 aromatic heterocycles. The number of methoxy groups -OCH3 is 1. The van der Waals surface area contributed by atoms with Crippen molar-refractivity contribution in [3.8, 4) is 5.75 Å². The minimum absolute atomic E-state index is 0.0750. The van der Waals surface area contributed by atoms with Crippen LogP contribution < -0.4 is 21.7 Å². The molecular weight excluding hydrogens is 270 g/mol. The van der Waals surface area contributed by atoms with E-state index in [1.807, 2.05) is 19.1 Å². The molecule has 6 nitrogen and oxygen atoms in total. The quantitative estimate of drug-likeness (QED) is 0.892. The molecule has 0 amide bonds. The van der Waals surface area contributed by atoms with Crippen LogP contribution in [0.15, 0.2) is 40.1 Å². The van der Waals surface area contributed by atoms with E-state index in [1.54, 1.807) is 19.2 Å². The van der Waals surface area contributed by atoms with Crippen LogP contribution in [0.1, 0.15) is 18.9 Å². The monoisotopic (exact) mass is 289 g/mol. The van der Waals surface area contributed by atoms with Gasteiger partial charge in [0.1, 0.15) is 11.4 Å². The van der Waals surface area contributed by atoms with E-state index in [1.165, 1.54) is 10.8 Å². The fraction of sp³-hybridized carbons (Fsp3) is 0.333. The lowest BCUT2D eigenvalue weighted by atomic mass is 10.2. The van der Waals surface area contributed by atoms with Gasteiger partial charge in [0.25, 0.3) is 5.56 Å². The Morgan fingerprint density at radius 3 is 2.71 bits per heavy atom. The van der Waals surface area contributed by atoms with Crippen LogP contribution in [-0.4, -0.2) is 16.2 Å². The summed E-state index contributed by atoms with van der Waals surface area (Å²) in [4.78, 5) is 24.4. The van der Waals surface area contributed by atoms with Crippen molar-refractivity contribution in [2.75, 3.05) is 12.8 Å². The second-order valence-corrected chi connectivity index (χ2v) is 4.80. The summed E-state index contributed by atoms with van der Waals surface area (Å²) in [5.41, 5.74) is 5.78. The molecule has 112 valence electrons. The zero-order valence-electron chi connectivity index (χ0n) is 12.2. The van der Waals surface area contributed by atoms with Crippen LogP contribution in [-0.2, 0) is 13.1 Å². The Kier molecular flexibility index (Phi) is 4.47. The fourth-order valence-corrected chi connectivity index (χ4v) is 2.17. The van der Waals surface area contributed by atoms with Gasteiger partial charge in [0.15, 0.2) is 0 Å². The Balaban J connectivity index is 2.48. The highest BCUT2D eigenvalue weighted by Gasteiger charge is 2.10. The van der Waals surface area contributed by atoms with Crippen molar-refractivity contribution in [1.29, 1.82) is 0 Å². The first-order valence-electron chi connectivity index (χ1n) is 6.79. The van der Waals surface area contributed by atoms with Crippen molar-refractivity contribution in [3.63, 3.8) is 0 Å². The Morgan fingerprint density at radius 1 is 1.29 bits per heavy atom. The fourth-order valence-electron chi connectivity index (χ4n) is 2.17. The van der Waals surface area contributed by atoms with Crippen molar-refractivity contribution in [1.82, 2.24) is 9.13 Å². The number of aromatic nitrogens is 2. The highest BCUT2D eigenvalue weighted by Crippen LogP contribution is 2.12. The van der Waals surface area contributed by atoms with Crippen LogP contribution in [0, 0.1) is 0 Å². The van der Waals surface area contributed by atoms with Crippen molar-refractivity contribution < 1.29 is 4.74 Å². The largest absolute Gasteiger partial charge is 0.497 e. The predicted octanol–water partition coefficient (Wildman–Crippen LogP) is 1.06. The van der Waals surface area contributed by atoms with Crippen molar-refractivity contribution in [2.45, 2.75) is 26.4 Å². The number of anilines is 1. The maximum absolute atomic E-state index is 12.3. The molecule has 0 atom stereocenters. The number of hydrogen-bond acceptors (Lipinski definition) is 4. The highest BCUT2D eigenvalue weighted by molar-refractivity contribution is 5.32. The third-order valence-electron chi connectivity index (χ3n) is 3.20. The summed E-state index contributed by atoms with van der Waals surface area (Å²) >= 11 is 0.